The standard InChI is InChI=1S/C13H16N2O2/c1-2-11(16)13-14-12(17-15-13)9-8-10-6-4-3-5-7-10/h3-7,11,16H,2,8-9H2,1H3. The monoisotopic (exact) mass is 232 g/mol. The fraction of sp³-hybridized carbons (Fsp3) is 0.385. The normalized spacial score (nSPS) is 12.6. The molecule has 1 unspecified atom stereocenters. The molecule has 1 N–H and O–H groups in total. The molecule has 17 heavy (non-hydrogen) atoms. The van der Waals surface area contributed by atoms with Crippen LogP contribution in [-0.4, -0.2) is 15.2 Å². The average molecular weight is 232 g/mol. The van der Waals surface area contributed by atoms with Crippen LogP contribution < -0.4 is 0 Å². The van der Waals surface area contributed by atoms with Crippen molar-refractivity contribution in [3.8, 4) is 0 Å². The summed E-state index contributed by atoms with van der Waals surface area (Å²) in [6.45, 7) is 1.88. The molecule has 0 aliphatic heterocycles. The maximum absolute atomic E-state index is 9.54. The van der Waals surface area contributed by atoms with Crippen molar-refractivity contribution in [3.63, 3.8) is 0 Å². The van der Waals surface area contributed by atoms with Crippen LogP contribution >= 0.6 is 0 Å². The molecule has 4 heteroatoms. The maximum Gasteiger partial charge on any atom is 0.227 e. The zero-order valence-corrected chi connectivity index (χ0v) is 9.84. The minimum Gasteiger partial charge on any atom is -0.385 e. The van der Waals surface area contributed by atoms with Crippen molar-refractivity contribution < 1.29 is 9.63 Å². The first-order valence-corrected chi connectivity index (χ1v) is 5.84. The molecule has 0 radical (unpaired) electrons. The van der Waals surface area contributed by atoms with Crippen molar-refractivity contribution in [2.24, 2.45) is 0 Å². The van der Waals surface area contributed by atoms with Gasteiger partial charge in [0.2, 0.25) is 5.89 Å². The first kappa shape index (κ1) is 11.8. The molecule has 2 aromatic rings. The van der Waals surface area contributed by atoms with Gasteiger partial charge in [-0.15, -0.1) is 0 Å². The highest BCUT2D eigenvalue weighted by Gasteiger charge is 2.13. The molecule has 0 amide bonds. The van der Waals surface area contributed by atoms with E-state index in [0.717, 1.165) is 6.42 Å². The number of aryl methyl sites for hydroxylation is 2. The Hall–Kier alpha value is -1.68. The Bertz CT molecular complexity index is 453. The molecule has 1 aromatic carbocycles. The van der Waals surface area contributed by atoms with E-state index in [4.69, 9.17) is 4.52 Å². The van der Waals surface area contributed by atoms with E-state index in [0.29, 0.717) is 24.6 Å². The van der Waals surface area contributed by atoms with Gasteiger partial charge in [0.15, 0.2) is 5.82 Å². The molecule has 2 rings (SSSR count). The number of rotatable bonds is 5. The number of aromatic nitrogens is 2. The summed E-state index contributed by atoms with van der Waals surface area (Å²) in [5.74, 6) is 0.965. The van der Waals surface area contributed by atoms with Gasteiger partial charge in [0.1, 0.15) is 6.10 Å². The Morgan fingerprint density at radius 3 is 2.71 bits per heavy atom. The van der Waals surface area contributed by atoms with E-state index in [9.17, 15) is 5.11 Å². The molecule has 0 spiro atoms. The summed E-state index contributed by atoms with van der Waals surface area (Å²) in [5, 5.41) is 13.3. The van der Waals surface area contributed by atoms with Crippen molar-refractivity contribution in [2.45, 2.75) is 32.3 Å². The Balaban J connectivity index is 1.94. The van der Waals surface area contributed by atoms with E-state index in [1.807, 2.05) is 25.1 Å². The Labute approximate surface area is 100 Å². The third kappa shape index (κ3) is 3.14. The lowest BCUT2D eigenvalue weighted by molar-refractivity contribution is 0.159. The second kappa shape index (κ2) is 5.59. The molecule has 0 fully saturated rings. The van der Waals surface area contributed by atoms with Crippen LogP contribution in [-0.2, 0) is 12.8 Å². The number of hydrogen-bond donors (Lipinski definition) is 1. The lowest BCUT2D eigenvalue weighted by Gasteiger charge is -1.98. The first-order valence-electron chi connectivity index (χ1n) is 5.84. The number of nitrogens with zero attached hydrogens (tertiary/aromatic N) is 2. The van der Waals surface area contributed by atoms with Gasteiger partial charge >= 0.3 is 0 Å². The van der Waals surface area contributed by atoms with Gasteiger partial charge in [-0.3, -0.25) is 0 Å². The van der Waals surface area contributed by atoms with E-state index < -0.39 is 6.10 Å². The van der Waals surface area contributed by atoms with Gasteiger partial charge in [-0.1, -0.05) is 42.4 Å². The first-order chi connectivity index (χ1) is 8.29. The Morgan fingerprint density at radius 2 is 2.00 bits per heavy atom. The Morgan fingerprint density at radius 1 is 1.24 bits per heavy atom. The minimum absolute atomic E-state index is 0.385. The molecule has 1 aromatic heterocycles. The van der Waals surface area contributed by atoms with Crippen molar-refractivity contribution in [1.29, 1.82) is 0 Å². The third-order valence-electron chi connectivity index (χ3n) is 2.64. The van der Waals surface area contributed by atoms with Crippen molar-refractivity contribution >= 4 is 0 Å². The molecule has 0 bridgehead atoms. The zero-order valence-electron chi connectivity index (χ0n) is 9.84. The number of aliphatic hydroxyl groups is 1. The highest BCUT2D eigenvalue weighted by Crippen LogP contribution is 2.13. The molecule has 0 aliphatic carbocycles. The van der Waals surface area contributed by atoms with Crippen LogP contribution in [0.1, 0.15) is 36.7 Å². The summed E-state index contributed by atoms with van der Waals surface area (Å²) in [6, 6.07) is 10.1. The molecular formula is C13H16N2O2. The fourth-order valence-corrected chi connectivity index (χ4v) is 1.58. The molecule has 0 saturated heterocycles. The van der Waals surface area contributed by atoms with Crippen LogP contribution in [0.3, 0.4) is 0 Å². The second-order valence-electron chi connectivity index (χ2n) is 3.96. The van der Waals surface area contributed by atoms with Crippen molar-refractivity contribution in [1.82, 2.24) is 10.1 Å². The predicted octanol–water partition coefficient (Wildman–Crippen LogP) is 2.30. The summed E-state index contributed by atoms with van der Waals surface area (Å²) in [7, 11) is 0. The van der Waals surface area contributed by atoms with Crippen LogP contribution in [0.15, 0.2) is 34.9 Å². The van der Waals surface area contributed by atoms with Crippen LogP contribution in [0.4, 0.5) is 0 Å². The molecule has 0 saturated carbocycles. The molecule has 1 atom stereocenters. The molecule has 90 valence electrons. The maximum atomic E-state index is 9.54. The number of aliphatic hydroxyl groups excluding tert-OH is 1. The van der Waals surface area contributed by atoms with Crippen molar-refractivity contribution in [2.75, 3.05) is 0 Å². The van der Waals surface area contributed by atoms with Crippen molar-refractivity contribution in [3.05, 3.63) is 47.6 Å². The lowest BCUT2D eigenvalue weighted by Crippen LogP contribution is -1.98. The molecule has 1 heterocycles. The van der Waals surface area contributed by atoms with E-state index in [-0.39, 0.29) is 0 Å². The second-order valence-corrected chi connectivity index (χ2v) is 3.96. The summed E-state index contributed by atoms with van der Waals surface area (Å²) < 4.78 is 5.09. The quantitative estimate of drug-likeness (QED) is 0.859. The summed E-state index contributed by atoms with van der Waals surface area (Å²) in [5.41, 5.74) is 1.24. The van der Waals surface area contributed by atoms with Gasteiger partial charge in [0, 0.05) is 6.42 Å². The molecule has 4 nitrogen and oxygen atoms in total. The highest BCUT2D eigenvalue weighted by atomic mass is 16.5. The number of hydrogen-bond acceptors (Lipinski definition) is 4. The predicted molar refractivity (Wildman–Crippen MR) is 63.4 cm³/mol. The van der Waals surface area contributed by atoms with Gasteiger partial charge in [-0.05, 0) is 18.4 Å². The van der Waals surface area contributed by atoms with Gasteiger partial charge in [-0.2, -0.15) is 4.98 Å². The SMILES string of the molecule is CCC(O)c1noc(CCc2ccccc2)n1. The van der Waals surface area contributed by atoms with E-state index >= 15 is 0 Å². The smallest absolute Gasteiger partial charge is 0.227 e. The van der Waals surface area contributed by atoms with Gasteiger partial charge in [-0.25, -0.2) is 0 Å². The van der Waals surface area contributed by atoms with Crippen LogP contribution in [0.25, 0.3) is 0 Å². The summed E-state index contributed by atoms with van der Waals surface area (Å²) in [4.78, 5) is 4.17. The lowest BCUT2D eigenvalue weighted by atomic mass is 10.1. The topological polar surface area (TPSA) is 59.2 Å². The highest BCUT2D eigenvalue weighted by molar-refractivity contribution is 5.15. The van der Waals surface area contributed by atoms with E-state index in [1.54, 1.807) is 0 Å². The minimum atomic E-state index is -0.621. The van der Waals surface area contributed by atoms with E-state index in [2.05, 4.69) is 22.3 Å². The Kier molecular flexibility index (Phi) is 3.88. The fourth-order valence-electron chi connectivity index (χ4n) is 1.58. The van der Waals surface area contributed by atoms with E-state index in [1.165, 1.54) is 5.56 Å². The van der Waals surface area contributed by atoms with Crippen LogP contribution in [0, 0.1) is 0 Å². The molecule has 0 aliphatic rings. The van der Waals surface area contributed by atoms with Gasteiger partial charge < -0.3 is 9.63 Å². The summed E-state index contributed by atoms with van der Waals surface area (Å²) >= 11 is 0. The number of benzene rings is 1. The summed E-state index contributed by atoms with van der Waals surface area (Å²) in [6.07, 6.45) is 1.54. The van der Waals surface area contributed by atoms with Gasteiger partial charge in [0.05, 0.1) is 0 Å². The third-order valence-corrected chi connectivity index (χ3v) is 2.64. The van der Waals surface area contributed by atoms with Crippen LogP contribution in [0.2, 0.25) is 0 Å². The largest absolute Gasteiger partial charge is 0.385 e. The zero-order chi connectivity index (χ0) is 12.1. The average Bonchev–Trinajstić information content (AvgIpc) is 2.85. The molecular weight excluding hydrogens is 216 g/mol. The van der Waals surface area contributed by atoms with Crippen LogP contribution in [0.5, 0.6) is 0 Å². The van der Waals surface area contributed by atoms with Gasteiger partial charge in [0.25, 0.3) is 0 Å².